The molecule has 1 aliphatic heterocycles. The van der Waals surface area contributed by atoms with E-state index in [4.69, 9.17) is 5.11 Å². The van der Waals surface area contributed by atoms with E-state index in [1.165, 1.54) is 21.9 Å². The van der Waals surface area contributed by atoms with Crippen LogP contribution in [0.5, 0.6) is 0 Å². The van der Waals surface area contributed by atoms with Crippen molar-refractivity contribution in [3.8, 4) is 11.1 Å². The molecule has 0 aliphatic carbocycles. The number of benzene rings is 3. The first-order chi connectivity index (χ1) is 16.6. The Balaban J connectivity index is 1.51. The molecule has 0 radical (unpaired) electrons. The minimum atomic E-state index is -4.43. The Morgan fingerprint density at radius 2 is 1.46 bits per heavy atom. The van der Waals surface area contributed by atoms with E-state index in [9.17, 15) is 22.8 Å². The highest BCUT2D eigenvalue weighted by Gasteiger charge is 2.30. The first-order valence-corrected chi connectivity index (χ1v) is 11.0. The van der Waals surface area contributed by atoms with Crippen molar-refractivity contribution in [1.29, 1.82) is 0 Å². The van der Waals surface area contributed by atoms with Gasteiger partial charge in [0.2, 0.25) is 0 Å². The molecule has 1 fully saturated rings. The predicted octanol–water partition coefficient (Wildman–Crippen LogP) is 5.45. The summed E-state index contributed by atoms with van der Waals surface area (Å²) in [6.07, 6.45) is -5.35. The minimum Gasteiger partial charge on any atom is -0.465 e. The molecule has 0 atom stereocenters. The highest BCUT2D eigenvalue weighted by molar-refractivity contribution is 6.10. The molecule has 0 bridgehead atoms. The fourth-order valence-corrected chi connectivity index (χ4v) is 4.10. The van der Waals surface area contributed by atoms with Gasteiger partial charge in [0.1, 0.15) is 0 Å². The van der Waals surface area contributed by atoms with Crippen molar-refractivity contribution in [2.75, 3.05) is 43.0 Å². The predicted molar refractivity (Wildman–Crippen MR) is 128 cm³/mol. The highest BCUT2D eigenvalue weighted by Crippen LogP contribution is 2.32. The van der Waals surface area contributed by atoms with Crippen LogP contribution in [-0.2, 0) is 6.18 Å². The maximum atomic E-state index is 13.3. The first kappa shape index (κ1) is 24.1. The number of piperazine rings is 1. The van der Waals surface area contributed by atoms with E-state index < -0.39 is 17.8 Å². The summed E-state index contributed by atoms with van der Waals surface area (Å²) >= 11 is 0. The van der Waals surface area contributed by atoms with E-state index in [-0.39, 0.29) is 5.91 Å². The van der Waals surface area contributed by atoms with E-state index in [0.717, 1.165) is 17.8 Å². The van der Waals surface area contributed by atoms with Gasteiger partial charge in [-0.25, -0.2) is 4.79 Å². The maximum Gasteiger partial charge on any atom is 0.416 e. The van der Waals surface area contributed by atoms with Crippen LogP contribution in [0.15, 0.2) is 72.8 Å². The van der Waals surface area contributed by atoms with Crippen molar-refractivity contribution >= 4 is 23.4 Å². The Bertz CT molecular complexity index is 1200. The number of amides is 2. The fraction of sp³-hybridized carbons (Fsp3) is 0.231. The van der Waals surface area contributed by atoms with Crippen LogP contribution < -0.4 is 9.80 Å². The van der Waals surface area contributed by atoms with Gasteiger partial charge in [0, 0.05) is 50.2 Å². The molecule has 1 heterocycles. The number of hydrogen-bond donors (Lipinski definition) is 1. The minimum absolute atomic E-state index is 0.289. The van der Waals surface area contributed by atoms with Crippen molar-refractivity contribution in [2.45, 2.75) is 6.18 Å². The van der Waals surface area contributed by atoms with Crippen molar-refractivity contribution in [2.24, 2.45) is 0 Å². The molecule has 1 aliphatic rings. The number of nitrogens with zero attached hydrogens (tertiary/aromatic N) is 3. The molecule has 0 saturated carbocycles. The second-order valence-corrected chi connectivity index (χ2v) is 8.26. The summed E-state index contributed by atoms with van der Waals surface area (Å²) < 4.78 is 38.8. The fourth-order valence-electron chi connectivity index (χ4n) is 4.10. The summed E-state index contributed by atoms with van der Waals surface area (Å²) in [4.78, 5) is 29.4. The summed E-state index contributed by atoms with van der Waals surface area (Å²) in [5.74, 6) is -0.289. The molecule has 35 heavy (non-hydrogen) atoms. The number of rotatable bonds is 4. The molecule has 3 aromatic carbocycles. The Labute approximate surface area is 200 Å². The zero-order chi connectivity index (χ0) is 25.2. The van der Waals surface area contributed by atoms with Crippen molar-refractivity contribution in [3.63, 3.8) is 0 Å². The van der Waals surface area contributed by atoms with Crippen LogP contribution in [0, 0.1) is 0 Å². The van der Waals surface area contributed by atoms with E-state index >= 15 is 0 Å². The smallest absolute Gasteiger partial charge is 0.416 e. The monoisotopic (exact) mass is 483 g/mol. The third-order valence-electron chi connectivity index (χ3n) is 6.14. The largest absolute Gasteiger partial charge is 0.465 e. The number of alkyl halides is 3. The lowest BCUT2D eigenvalue weighted by Gasteiger charge is -2.34. The SMILES string of the molecule is CN(C(=O)c1ccccc1-c1ccc(C(F)(F)F)cc1)c1ccc(N2CCN(C(=O)O)CC2)cc1. The second kappa shape index (κ2) is 9.69. The summed E-state index contributed by atoms with van der Waals surface area (Å²) in [7, 11) is 1.65. The molecule has 4 rings (SSSR count). The Hall–Kier alpha value is -4.01. The van der Waals surface area contributed by atoms with Gasteiger partial charge in [0.05, 0.1) is 5.56 Å². The summed E-state index contributed by atoms with van der Waals surface area (Å²) in [6.45, 7) is 2.02. The van der Waals surface area contributed by atoms with Crippen LogP contribution >= 0.6 is 0 Å². The number of halogens is 3. The van der Waals surface area contributed by atoms with Gasteiger partial charge >= 0.3 is 12.3 Å². The first-order valence-electron chi connectivity index (χ1n) is 11.0. The topological polar surface area (TPSA) is 64.1 Å². The number of carbonyl (C=O) groups is 2. The molecule has 0 unspecified atom stereocenters. The molecule has 1 saturated heterocycles. The lowest BCUT2D eigenvalue weighted by atomic mass is 9.97. The molecule has 2 amide bonds. The zero-order valence-corrected chi connectivity index (χ0v) is 19.0. The van der Waals surface area contributed by atoms with E-state index in [0.29, 0.717) is 48.6 Å². The molecular weight excluding hydrogens is 459 g/mol. The Morgan fingerprint density at radius 3 is 2.03 bits per heavy atom. The van der Waals surface area contributed by atoms with Gasteiger partial charge in [-0.1, -0.05) is 30.3 Å². The lowest BCUT2D eigenvalue weighted by Crippen LogP contribution is -2.48. The molecule has 182 valence electrons. The maximum absolute atomic E-state index is 13.3. The van der Waals surface area contributed by atoms with Gasteiger partial charge in [-0.2, -0.15) is 13.2 Å². The molecule has 6 nitrogen and oxygen atoms in total. The van der Waals surface area contributed by atoms with Crippen molar-refractivity contribution in [1.82, 2.24) is 4.90 Å². The average Bonchev–Trinajstić information content (AvgIpc) is 2.87. The molecule has 1 N–H and O–H groups in total. The average molecular weight is 483 g/mol. The van der Waals surface area contributed by atoms with Crippen LogP contribution in [-0.4, -0.2) is 55.2 Å². The normalized spacial score (nSPS) is 14.1. The molecule has 0 aromatic heterocycles. The Morgan fingerprint density at radius 1 is 0.857 bits per heavy atom. The van der Waals surface area contributed by atoms with E-state index in [1.54, 1.807) is 31.3 Å². The Kier molecular flexibility index (Phi) is 6.68. The number of hydrogen-bond acceptors (Lipinski definition) is 3. The van der Waals surface area contributed by atoms with Crippen molar-refractivity contribution < 1.29 is 27.9 Å². The van der Waals surface area contributed by atoms with Crippen LogP contribution in [0.4, 0.5) is 29.3 Å². The standard InChI is InChI=1S/C26H24F3N3O3/c1-30(20-10-12-21(13-11-20)31-14-16-32(17-15-31)25(34)35)24(33)23-5-3-2-4-22(23)18-6-8-19(9-7-18)26(27,28)29/h2-13H,14-17H2,1H3,(H,34,35). The summed E-state index contributed by atoms with van der Waals surface area (Å²) in [5.41, 5.74) is 2.29. The quantitative estimate of drug-likeness (QED) is 0.536. The van der Waals surface area contributed by atoms with E-state index in [2.05, 4.69) is 4.90 Å². The molecular formula is C26H24F3N3O3. The van der Waals surface area contributed by atoms with E-state index in [1.807, 2.05) is 24.3 Å². The van der Waals surface area contributed by atoms with Gasteiger partial charge in [0.25, 0.3) is 5.91 Å². The van der Waals surface area contributed by atoms with Crippen LogP contribution in [0.1, 0.15) is 15.9 Å². The van der Waals surface area contributed by atoms with Gasteiger partial charge in [-0.15, -0.1) is 0 Å². The molecule has 9 heteroatoms. The zero-order valence-electron chi connectivity index (χ0n) is 19.0. The van der Waals surface area contributed by atoms with Gasteiger partial charge in [-0.05, 0) is 53.6 Å². The summed E-state index contributed by atoms with van der Waals surface area (Å²) in [6, 6.07) is 19.0. The van der Waals surface area contributed by atoms with Crippen LogP contribution in [0.3, 0.4) is 0 Å². The third kappa shape index (κ3) is 5.24. The van der Waals surface area contributed by atoms with Gasteiger partial charge in [-0.3, -0.25) is 4.79 Å². The third-order valence-corrected chi connectivity index (χ3v) is 6.14. The number of carboxylic acid groups (broad SMARTS) is 1. The molecule has 3 aromatic rings. The van der Waals surface area contributed by atoms with Crippen LogP contribution in [0.2, 0.25) is 0 Å². The van der Waals surface area contributed by atoms with Gasteiger partial charge < -0.3 is 19.8 Å². The molecule has 0 spiro atoms. The second-order valence-electron chi connectivity index (χ2n) is 8.26. The number of carbonyl (C=O) groups excluding carboxylic acids is 1. The summed E-state index contributed by atoms with van der Waals surface area (Å²) in [5, 5.41) is 9.10. The van der Waals surface area contributed by atoms with Crippen LogP contribution in [0.25, 0.3) is 11.1 Å². The lowest BCUT2D eigenvalue weighted by molar-refractivity contribution is -0.137. The van der Waals surface area contributed by atoms with Gasteiger partial charge in [0.15, 0.2) is 0 Å². The number of anilines is 2. The highest BCUT2D eigenvalue weighted by atomic mass is 19.4. The van der Waals surface area contributed by atoms with Crippen molar-refractivity contribution in [3.05, 3.63) is 83.9 Å².